The third kappa shape index (κ3) is 3.76. The summed E-state index contributed by atoms with van der Waals surface area (Å²) in [5.74, 6) is 0.00667. The average Bonchev–Trinajstić information content (AvgIpc) is 2.15. The van der Waals surface area contributed by atoms with Crippen LogP contribution in [0.1, 0.15) is 34.6 Å². The quantitative estimate of drug-likeness (QED) is 0.784. The molecule has 1 aliphatic heterocycles. The highest BCUT2D eigenvalue weighted by atomic mass is 16.5. The molecule has 0 saturated carbocycles. The molecule has 0 aliphatic carbocycles. The number of nitrogens with one attached hydrogen (secondary N) is 1. The summed E-state index contributed by atoms with van der Waals surface area (Å²) in [5, 5.41) is 2.90. The maximum absolute atomic E-state index is 11.9. The molecular formula is C12H24N2O2. The first-order valence-corrected chi connectivity index (χ1v) is 6.10. The number of ether oxygens (including phenoxy) is 1. The molecule has 0 aromatic carbocycles. The Morgan fingerprint density at radius 3 is 2.44 bits per heavy atom. The number of nitrogens with zero attached hydrogens (tertiary/aromatic N) is 1. The van der Waals surface area contributed by atoms with Crippen LogP contribution in [0.4, 0.5) is 0 Å². The van der Waals surface area contributed by atoms with Crippen molar-refractivity contribution >= 4 is 5.91 Å². The first-order valence-electron chi connectivity index (χ1n) is 6.10. The molecule has 1 amide bonds. The minimum absolute atomic E-state index is 0.00667. The molecule has 4 nitrogen and oxygen atoms in total. The van der Waals surface area contributed by atoms with Gasteiger partial charge in [-0.25, -0.2) is 0 Å². The molecule has 94 valence electrons. The fourth-order valence-corrected chi connectivity index (χ4v) is 1.93. The Kier molecular flexibility index (Phi) is 4.74. The fourth-order valence-electron chi connectivity index (χ4n) is 1.93. The molecule has 0 aromatic rings. The third-order valence-corrected chi connectivity index (χ3v) is 2.74. The summed E-state index contributed by atoms with van der Waals surface area (Å²) in [5.41, 5.74) is 0. The van der Waals surface area contributed by atoms with Gasteiger partial charge in [-0.05, 0) is 34.6 Å². The van der Waals surface area contributed by atoms with Crippen molar-refractivity contribution in [1.29, 1.82) is 0 Å². The summed E-state index contributed by atoms with van der Waals surface area (Å²) >= 11 is 0. The van der Waals surface area contributed by atoms with Crippen LogP contribution in [0, 0.1) is 0 Å². The van der Waals surface area contributed by atoms with E-state index in [1.807, 2.05) is 20.8 Å². The summed E-state index contributed by atoms with van der Waals surface area (Å²) < 4.78 is 5.68. The van der Waals surface area contributed by atoms with Gasteiger partial charge in [0.15, 0.2) is 0 Å². The van der Waals surface area contributed by atoms with Crippen LogP contribution in [0.15, 0.2) is 0 Å². The van der Waals surface area contributed by atoms with Gasteiger partial charge in [0.05, 0.1) is 6.10 Å². The van der Waals surface area contributed by atoms with Gasteiger partial charge in [0.2, 0.25) is 0 Å². The van der Waals surface area contributed by atoms with Gasteiger partial charge < -0.3 is 10.1 Å². The summed E-state index contributed by atoms with van der Waals surface area (Å²) in [6.07, 6.45) is -0.201. The Hall–Kier alpha value is -0.610. The van der Waals surface area contributed by atoms with Crippen molar-refractivity contribution in [2.75, 3.05) is 13.1 Å². The fraction of sp³-hybridized carbons (Fsp3) is 0.917. The van der Waals surface area contributed by atoms with Gasteiger partial charge in [-0.2, -0.15) is 0 Å². The van der Waals surface area contributed by atoms with E-state index in [1.54, 1.807) is 0 Å². The van der Waals surface area contributed by atoms with Crippen LogP contribution in [0.2, 0.25) is 0 Å². The lowest BCUT2D eigenvalue weighted by molar-refractivity contribution is -0.147. The minimum atomic E-state index is -0.325. The third-order valence-electron chi connectivity index (χ3n) is 2.74. The maximum atomic E-state index is 11.9. The van der Waals surface area contributed by atoms with Gasteiger partial charge >= 0.3 is 0 Å². The molecule has 0 aromatic heterocycles. The molecule has 1 aliphatic rings. The molecule has 16 heavy (non-hydrogen) atoms. The predicted molar refractivity (Wildman–Crippen MR) is 64.3 cm³/mol. The molecule has 2 atom stereocenters. The standard InChI is InChI=1S/C12H24N2O2/c1-8(2)13-12(15)11-7-14(9(3)4)6-10(5)16-11/h8-11H,6-7H2,1-5H3,(H,13,15)/t10-,11-/m1/s1. The number of rotatable bonds is 3. The van der Waals surface area contributed by atoms with E-state index in [0.717, 1.165) is 6.54 Å². The van der Waals surface area contributed by atoms with E-state index >= 15 is 0 Å². The Bertz CT molecular complexity index is 241. The Morgan fingerprint density at radius 1 is 1.31 bits per heavy atom. The van der Waals surface area contributed by atoms with Gasteiger partial charge in [0.1, 0.15) is 6.10 Å². The van der Waals surface area contributed by atoms with E-state index in [-0.39, 0.29) is 24.2 Å². The van der Waals surface area contributed by atoms with E-state index in [9.17, 15) is 4.79 Å². The number of carbonyl (C=O) groups is 1. The van der Waals surface area contributed by atoms with Gasteiger partial charge in [-0.1, -0.05) is 0 Å². The van der Waals surface area contributed by atoms with Crippen LogP contribution in [0.5, 0.6) is 0 Å². The van der Waals surface area contributed by atoms with E-state index in [4.69, 9.17) is 4.74 Å². The van der Waals surface area contributed by atoms with E-state index in [1.165, 1.54) is 0 Å². The second kappa shape index (κ2) is 5.64. The Labute approximate surface area is 98.3 Å². The molecule has 0 spiro atoms. The SMILES string of the molecule is CC(C)NC(=O)[C@H]1CN(C(C)C)C[C@@H](C)O1. The van der Waals surface area contributed by atoms with E-state index in [2.05, 4.69) is 24.1 Å². The minimum Gasteiger partial charge on any atom is -0.363 e. The molecule has 4 heteroatoms. The van der Waals surface area contributed by atoms with Crippen LogP contribution >= 0.6 is 0 Å². The molecule has 1 rings (SSSR count). The van der Waals surface area contributed by atoms with E-state index < -0.39 is 0 Å². The van der Waals surface area contributed by atoms with Crippen molar-refractivity contribution in [1.82, 2.24) is 10.2 Å². The highest BCUT2D eigenvalue weighted by molar-refractivity contribution is 5.81. The smallest absolute Gasteiger partial charge is 0.250 e. The van der Waals surface area contributed by atoms with Crippen LogP contribution in [0.25, 0.3) is 0 Å². The monoisotopic (exact) mass is 228 g/mol. The molecule has 0 unspecified atom stereocenters. The first kappa shape index (κ1) is 13.5. The molecule has 1 saturated heterocycles. The van der Waals surface area contributed by atoms with Crippen LogP contribution in [-0.2, 0) is 9.53 Å². The van der Waals surface area contributed by atoms with Gasteiger partial charge in [0, 0.05) is 25.2 Å². The van der Waals surface area contributed by atoms with Gasteiger partial charge in [-0.3, -0.25) is 9.69 Å². The lowest BCUT2D eigenvalue weighted by Gasteiger charge is -2.38. The van der Waals surface area contributed by atoms with Crippen molar-refractivity contribution in [3.63, 3.8) is 0 Å². The normalized spacial score (nSPS) is 27.4. The Balaban J connectivity index is 2.56. The largest absolute Gasteiger partial charge is 0.363 e. The molecular weight excluding hydrogens is 204 g/mol. The zero-order valence-corrected chi connectivity index (χ0v) is 11.0. The van der Waals surface area contributed by atoms with Crippen LogP contribution in [0.3, 0.4) is 0 Å². The molecule has 1 heterocycles. The number of morpholine rings is 1. The topological polar surface area (TPSA) is 41.6 Å². The number of carbonyl (C=O) groups excluding carboxylic acids is 1. The molecule has 0 radical (unpaired) electrons. The predicted octanol–water partition coefficient (Wildman–Crippen LogP) is 1.01. The molecule has 1 N–H and O–H groups in total. The van der Waals surface area contributed by atoms with Crippen LogP contribution in [-0.4, -0.2) is 48.2 Å². The number of hydrogen-bond donors (Lipinski definition) is 1. The van der Waals surface area contributed by atoms with Crippen molar-refractivity contribution in [3.05, 3.63) is 0 Å². The zero-order chi connectivity index (χ0) is 12.3. The second-order valence-electron chi connectivity index (χ2n) is 5.15. The van der Waals surface area contributed by atoms with Crippen molar-refractivity contribution < 1.29 is 9.53 Å². The number of hydrogen-bond acceptors (Lipinski definition) is 3. The van der Waals surface area contributed by atoms with Crippen LogP contribution < -0.4 is 5.32 Å². The van der Waals surface area contributed by atoms with Crippen molar-refractivity contribution in [2.45, 2.75) is 58.9 Å². The average molecular weight is 228 g/mol. The lowest BCUT2D eigenvalue weighted by Crippen LogP contribution is -2.55. The van der Waals surface area contributed by atoms with Gasteiger partial charge in [-0.15, -0.1) is 0 Å². The van der Waals surface area contributed by atoms with Gasteiger partial charge in [0.25, 0.3) is 5.91 Å². The van der Waals surface area contributed by atoms with Crippen molar-refractivity contribution in [2.24, 2.45) is 0 Å². The maximum Gasteiger partial charge on any atom is 0.250 e. The molecule has 1 fully saturated rings. The Morgan fingerprint density at radius 2 is 1.94 bits per heavy atom. The van der Waals surface area contributed by atoms with Crippen molar-refractivity contribution in [3.8, 4) is 0 Å². The summed E-state index contributed by atoms with van der Waals surface area (Å²) in [4.78, 5) is 14.1. The second-order valence-corrected chi connectivity index (χ2v) is 5.15. The lowest BCUT2D eigenvalue weighted by atomic mass is 10.1. The highest BCUT2D eigenvalue weighted by Gasteiger charge is 2.31. The van der Waals surface area contributed by atoms with E-state index in [0.29, 0.717) is 12.6 Å². The summed E-state index contributed by atoms with van der Waals surface area (Å²) in [7, 11) is 0. The summed E-state index contributed by atoms with van der Waals surface area (Å²) in [6, 6.07) is 0.626. The first-order chi connectivity index (χ1) is 7.40. The molecule has 0 bridgehead atoms. The number of amides is 1. The highest BCUT2D eigenvalue weighted by Crippen LogP contribution is 2.14. The zero-order valence-electron chi connectivity index (χ0n) is 11.0. The summed E-state index contributed by atoms with van der Waals surface area (Å²) in [6.45, 7) is 11.8.